The van der Waals surface area contributed by atoms with Crippen molar-refractivity contribution in [3.05, 3.63) is 43.0 Å². The molecule has 5 heterocycles. The van der Waals surface area contributed by atoms with Crippen molar-refractivity contribution < 1.29 is 14.2 Å². The molecule has 0 radical (unpaired) electrons. The molecule has 2 aliphatic heterocycles. The molecule has 3 aromatic heterocycles. The first-order valence-electron chi connectivity index (χ1n) is 12.6. The van der Waals surface area contributed by atoms with Crippen LogP contribution in [-0.2, 0) is 9.47 Å². The minimum atomic E-state index is 0.00350. The molecule has 1 N–H and O–H groups in total. The van der Waals surface area contributed by atoms with Gasteiger partial charge in [-0.05, 0) is 62.9 Å². The first kappa shape index (κ1) is 23.1. The Kier molecular flexibility index (Phi) is 6.63. The van der Waals surface area contributed by atoms with Crippen LogP contribution < -0.4 is 10.1 Å². The van der Waals surface area contributed by atoms with Crippen molar-refractivity contribution in [3.8, 4) is 28.1 Å². The molecule has 4 aromatic rings. The Morgan fingerprint density at radius 1 is 1.06 bits per heavy atom. The van der Waals surface area contributed by atoms with Gasteiger partial charge in [-0.25, -0.2) is 19.3 Å². The summed E-state index contributed by atoms with van der Waals surface area (Å²) in [5, 5.41) is 12.6. The highest BCUT2D eigenvalue weighted by Crippen LogP contribution is 2.35. The molecule has 10 nitrogen and oxygen atoms in total. The van der Waals surface area contributed by atoms with E-state index in [1.165, 1.54) is 0 Å². The van der Waals surface area contributed by atoms with Gasteiger partial charge in [0.1, 0.15) is 17.5 Å². The number of piperidine rings is 1. The van der Waals surface area contributed by atoms with Crippen LogP contribution in [0, 0.1) is 0 Å². The lowest BCUT2D eigenvalue weighted by Gasteiger charge is -2.23. The van der Waals surface area contributed by atoms with Gasteiger partial charge in [0.15, 0.2) is 12.4 Å². The average molecular weight is 490 g/mol. The minimum absolute atomic E-state index is 0.00350. The number of rotatable bonds is 7. The summed E-state index contributed by atoms with van der Waals surface area (Å²) in [4.78, 5) is 9.64. The van der Waals surface area contributed by atoms with Crippen molar-refractivity contribution in [3.63, 3.8) is 0 Å². The monoisotopic (exact) mass is 489 g/mol. The zero-order valence-corrected chi connectivity index (χ0v) is 20.5. The highest BCUT2D eigenvalue weighted by molar-refractivity contribution is 5.78. The number of benzene rings is 1. The molecule has 1 aromatic carbocycles. The van der Waals surface area contributed by atoms with Gasteiger partial charge >= 0.3 is 0 Å². The van der Waals surface area contributed by atoms with E-state index in [1.54, 1.807) is 19.5 Å². The molecule has 2 fully saturated rings. The number of nitrogens with one attached hydrogen (secondary N) is 1. The number of ether oxygens (including phenoxy) is 3. The van der Waals surface area contributed by atoms with Crippen molar-refractivity contribution in [2.75, 3.05) is 33.6 Å². The molecule has 0 aliphatic carbocycles. The summed E-state index contributed by atoms with van der Waals surface area (Å²) >= 11 is 0. The van der Waals surface area contributed by atoms with Crippen molar-refractivity contribution in [2.24, 2.45) is 0 Å². The van der Waals surface area contributed by atoms with E-state index in [9.17, 15) is 0 Å². The van der Waals surface area contributed by atoms with Crippen LogP contribution in [0.2, 0.25) is 0 Å². The maximum Gasteiger partial charge on any atom is 0.188 e. The molecule has 188 valence electrons. The summed E-state index contributed by atoms with van der Waals surface area (Å²) in [6.07, 6.45) is 12.8. The second kappa shape index (κ2) is 10.3. The fourth-order valence-corrected chi connectivity index (χ4v) is 5.01. The Morgan fingerprint density at radius 2 is 1.97 bits per heavy atom. The number of nitrogens with zero attached hydrogens (tertiary/aromatic N) is 6. The van der Waals surface area contributed by atoms with E-state index in [1.807, 2.05) is 33.9 Å². The van der Waals surface area contributed by atoms with E-state index in [0.29, 0.717) is 11.8 Å². The van der Waals surface area contributed by atoms with Crippen molar-refractivity contribution in [1.82, 2.24) is 34.8 Å². The van der Waals surface area contributed by atoms with Gasteiger partial charge in [0.2, 0.25) is 0 Å². The lowest BCUT2D eigenvalue weighted by molar-refractivity contribution is -0.0394. The molecule has 2 aliphatic rings. The van der Waals surface area contributed by atoms with E-state index in [-0.39, 0.29) is 13.0 Å². The largest absolute Gasteiger partial charge is 0.467 e. The summed E-state index contributed by atoms with van der Waals surface area (Å²) in [6.45, 7) is 2.91. The first-order chi connectivity index (χ1) is 17.8. The smallest absolute Gasteiger partial charge is 0.188 e. The summed E-state index contributed by atoms with van der Waals surface area (Å²) in [6, 6.07) is 6.43. The molecule has 0 saturated carbocycles. The molecule has 10 heteroatoms. The quantitative estimate of drug-likeness (QED) is 0.389. The average Bonchev–Trinajstić information content (AvgIpc) is 3.60. The molecular formula is C26H31N7O3. The van der Waals surface area contributed by atoms with Crippen LogP contribution in [0.4, 0.5) is 0 Å². The third-order valence-corrected chi connectivity index (χ3v) is 6.93. The number of hydrogen-bond donors (Lipinski definition) is 1. The van der Waals surface area contributed by atoms with Gasteiger partial charge in [-0.3, -0.25) is 0 Å². The highest BCUT2D eigenvalue weighted by Gasteiger charge is 2.21. The molecule has 6 rings (SSSR count). The third-order valence-electron chi connectivity index (χ3n) is 6.93. The summed E-state index contributed by atoms with van der Waals surface area (Å²) < 4.78 is 21.0. The standard InChI is InChI=1S/C26H31N7O3/c1-34-17-36-24-12-18(19-13-29-32(16-19)25-4-2-3-11-35-25)5-6-21(24)22-14-28-26-23(31-22)15-30-33(26)20-7-9-27-10-8-20/h5-6,12-16,20,25,27H,2-4,7-11,17H2,1H3. The van der Waals surface area contributed by atoms with Gasteiger partial charge in [-0.2, -0.15) is 10.2 Å². The van der Waals surface area contributed by atoms with Crippen molar-refractivity contribution >= 4 is 11.2 Å². The van der Waals surface area contributed by atoms with Gasteiger partial charge in [-0.15, -0.1) is 0 Å². The topological polar surface area (TPSA) is 101 Å². The molecule has 1 atom stereocenters. The van der Waals surface area contributed by atoms with Crippen LogP contribution >= 0.6 is 0 Å². The molecule has 2 saturated heterocycles. The summed E-state index contributed by atoms with van der Waals surface area (Å²) in [5.74, 6) is 0.676. The zero-order chi connectivity index (χ0) is 24.3. The maximum absolute atomic E-state index is 5.97. The Balaban J connectivity index is 1.31. The van der Waals surface area contributed by atoms with E-state index >= 15 is 0 Å². The zero-order valence-electron chi connectivity index (χ0n) is 20.5. The van der Waals surface area contributed by atoms with E-state index in [4.69, 9.17) is 24.2 Å². The lowest BCUT2D eigenvalue weighted by atomic mass is 10.0. The van der Waals surface area contributed by atoms with E-state index < -0.39 is 0 Å². The van der Waals surface area contributed by atoms with Crippen LogP contribution in [0.15, 0.2) is 43.0 Å². The second-order valence-corrected chi connectivity index (χ2v) is 9.33. The van der Waals surface area contributed by atoms with Gasteiger partial charge in [0.25, 0.3) is 0 Å². The summed E-state index contributed by atoms with van der Waals surface area (Å²) in [7, 11) is 1.61. The Hall–Kier alpha value is -3.34. The third kappa shape index (κ3) is 4.59. The minimum Gasteiger partial charge on any atom is -0.467 e. The van der Waals surface area contributed by atoms with Crippen molar-refractivity contribution in [2.45, 2.75) is 44.4 Å². The van der Waals surface area contributed by atoms with Crippen LogP contribution in [0.5, 0.6) is 5.75 Å². The SMILES string of the molecule is COCOc1cc(-c2cnn(C3CCCCO3)c2)ccc1-c1cnc2c(cnn2C2CCNCC2)n1. The maximum atomic E-state index is 5.97. The normalized spacial score (nSPS) is 19.1. The fourth-order valence-electron chi connectivity index (χ4n) is 5.01. The van der Waals surface area contributed by atoms with Crippen molar-refractivity contribution in [1.29, 1.82) is 0 Å². The lowest BCUT2D eigenvalue weighted by Crippen LogP contribution is -2.29. The Labute approximate surface area is 209 Å². The van der Waals surface area contributed by atoms with Crippen LogP contribution in [-0.4, -0.2) is 63.1 Å². The predicted octanol–water partition coefficient (Wildman–Crippen LogP) is 3.96. The second-order valence-electron chi connectivity index (χ2n) is 9.33. The molecule has 0 spiro atoms. The summed E-state index contributed by atoms with van der Waals surface area (Å²) in [5.41, 5.74) is 5.18. The number of hydrogen-bond acceptors (Lipinski definition) is 8. The van der Waals surface area contributed by atoms with Gasteiger partial charge < -0.3 is 19.5 Å². The number of aromatic nitrogens is 6. The number of methoxy groups -OCH3 is 1. The van der Waals surface area contributed by atoms with Crippen LogP contribution in [0.3, 0.4) is 0 Å². The fraction of sp³-hybridized carbons (Fsp3) is 0.462. The Morgan fingerprint density at radius 3 is 2.81 bits per heavy atom. The molecule has 1 unspecified atom stereocenters. The van der Waals surface area contributed by atoms with Crippen LogP contribution in [0.25, 0.3) is 33.5 Å². The molecule has 0 amide bonds. The predicted molar refractivity (Wildman–Crippen MR) is 134 cm³/mol. The Bertz CT molecular complexity index is 1320. The molecular weight excluding hydrogens is 458 g/mol. The highest BCUT2D eigenvalue weighted by atomic mass is 16.7. The van der Waals surface area contributed by atoms with E-state index in [2.05, 4.69) is 21.6 Å². The van der Waals surface area contributed by atoms with Crippen LogP contribution in [0.1, 0.15) is 44.4 Å². The van der Waals surface area contributed by atoms with Gasteiger partial charge in [0, 0.05) is 31.0 Å². The number of fused-ring (bicyclic) bond motifs is 1. The van der Waals surface area contributed by atoms with Gasteiger partial charge in [-0.1, -0.05) is 6.07 Å². The van der Waals surface area contributed by atoms with Gasteiger partial charge in [0.05, 0.1) is 30.3 Å². The van der Waals surface area contributed by atoms with E-state index in [0.717, 1.165) is 85.3 Å². The molecule has 0 bridgehead atoms. The first-order valence-corrected chi connectivity index (χ1v) is 12.6. The molecule has 36 heavy (non-hydrogen) atoms.